The molecule has 2 heterocycles. The molecule has 18 heavy (non-hydrogen) atoms. The van der Waals surface area contributed by atoms with E-state index in [0.717, 1.165) is 22.0 Å². The standard InChI is InChI=1S/C11H12N2O3S2/c1-8-10(4-5-16-13(14)15)18-11(12-8)7-9-3-2-6-17-9/h2-3,6H,4-5,7H2,1H3. The predicted octanol–water partition coefficient (Wildman–Crippen LogP) is 2.85. The van der Waals surface area contributed by atoms with Gasteiger partial charge in [-0.15, -0.1) is 32.8 Å². The highest BCUT2D eigenvalue weighted by atomic mass is 32.1. The highest BCUT2D eigenvalue weighted by molar-refractivity contribution is 7.12. The van der Waals surface area contributed by atoms with Gasteiger partial charge in [0.15, 0.2) is 0 Å². The molecule has 2 aromatic rings. The van der Waals surface area contributed by atoms with Gasteiger partial charge in [0.05, 0.1) is 10.7 Å². The van der Waals surface area contributed by atoms with Crippen LogP contribution < -0.4 is 0 Å². The van der Waals surface area contributed by atoms with E-state index in [1.807, 2.05) is 18.4 Å². The van der Waals surface area contributed by atoms with Crippen molar-refractivity contribution in [3.05, 3.63) is 48.1 Å². The molecule has 0 aliphatic rings. The summed E-state index contributed by atoms with van der Waals surface area (Å²) in [7, 11) is 0. The highest BCUT2D eigenvalue weighted by Crippen LogP contribution is 2.23. The Balaban J connectivity index is 1.96. The molecule has 0 aliphatic carbocycles. The van der Waals surface area contributed by atoms with Crippen LogP contribution in [0.25, 0.3) is 0 Å². The van der Waals surface area contributed by atoms with Crippen molar-refractivity contribution >= 4 is 22.7 Å². The third-order valence-electron chi connectivity index (χ3n) is 2.37. The van der Waals surface area contributed by atoms with Crippen molar-refractivity contribution in [2.24, 2.45) is 0 Å². The summed E-state index contributed by atoms with van der Waals surface area (Å²) in [6.45, 7) is 2.02. The summed E-state index contributed by atoms with van der Waals surface area (Å²) >= 11 is 3.31. The van der Waals surface area contributed by atoms with Crippen LogP contribution in [0, 0.1) is 17.0 Å². The molecule has 96 valence electrons. The molecule has 0 spiro atoms. The van der Waals surface area contributed by atoms with E-state index in [9.17, 15) is 10.1 Å². The topological polar surface area (TPSA) is 65.3 Å². The molecule has 0 N–H and O–H groups in total. The average molecular weight is 284 g/mol. The van der Waals surface area contributed by atoms with Crippen LogP contribution in [-0.2, 0) is 17.7 Å². The third-order valence-corrected chi connectivity index (χ3v) is 4.46. The van der Waals surface area contributed by atoms with E-state index in [1.54, 1.807) is 22.7 Å². The van der Waals surface area contributed by atoms with E-state index in [2.05, 4.69) is 15.9 Å². The molecule has 0 amide bonds. The Bertz CT molecular complexity index is 522. The zero-order valence-corrected chi connectivity index (χ0v) is 11.4. The van der Waals surface area contributed by atoms with Gasteiger partial charge >= 0.3 is 0 Å². The maximum absolute atomic E-state index is 10.1. The maximum atomic E-state index is 10.1. The first-order chi connectivity index (χ1) is 8.65. The fourth-order valence-electron chi connectivity index (χ4n) is 1.57. The SMILES string of the molecule is Cc1nc(Cc2cccs2)sc1CCO[N+](=O)[O-]. The quantitative estimate of drug-likeness (QED) is 0.604. The van der Waals surface area contributed by atoms with Gasteiger partial charge in [-0.3, -0.25) is 0 Å². The molecule has 2 rings (SSSR count). The summed E-state index contributed by atoms with van der Waals surface area (Å²) in [6, 6.07) is 4.10. The largest absolute Gasteiger partial charge is 0.314 e. The van der Waals surface area contributed by atoms with Gasteiger partial charge in [-0.1, -0.05) is 6.07 Å². The summed E-state index contributed by atoms with van der Waals surface area (Å²) in [4.78, 5) is 21.2. The molecule has 0 saturated heterocycles. The van der Waals surface area contributed by atoms with Crippen LogP contribution in [0.4, 0.5) is 0 Å². The number of aryl methyl sites for hydroxylation is 1. The fourth-order valence-corrected chi connectivity index (χ4v) is 3.44. The second kappa shape index (κ2) is 5.92. The number of hydrogen-bond acceptors (Lipinski definition) is 6. The highest BCUT2D eigenvalue weighted by Gasteiger charge is 2.09. The zero-order valence-electron chi connectivity index (χ0n) is 9.79. The second-order valence-corrected chi connectivity index (χ2v) is 5.88. The number of aromatic nitrogens is 1. The second-order valence-electron chi connectivity index (χ2n) is 3.68. The number of thiophene rings is 1. The van der Waals surface area contributed by atoms with Crippen LogP contribution in [-0.4, -0.2) is 16.7 Å². The summed E-state index contributed by atoms with van der Waals surface area (Å²) in [5.41, 5.74) is 0.943. The molecule has 0 unspecified atom stereocenters. The van der Waals surface area contributed by atoms with Gasteiger partial charge in [-0.05, 0) is 18.4 Å². The van der Waals surface area contributed by atoms with Gasteiger partial charge in [0.25, 0.3) is 5.09 Å². The molecule has 0 aromatic carbocycles. The monoisotopic (exact) mass is 284 g/mol. The zero-order chi connectivity index (χ0) is 13.0. The molecule has 0 atom stereocenters. The molecule has 0 bridgehead atoms. The molecule has 2 aromatic heterocycles. The Morgan fingerprint density at radius 2 is 2.39 bits per heavy atom. The molecular weight excluding hydrogens is 272 g/mol. The van der Waals surface area contributed by atoms with Crippen LogP contribution >= 0.6 is 22.7 Å². The Morgan fingerprint density at radius 3 is 3.06 bits per heavy atom. The van der Waals surface area contributed by atoms with Gasteiger partial charge in [0, 0.05) is 22.6 Å². The summed E-state index contributed by atoms with van der Waals surface area (Å²) in [5.74, 6) is 0. The van der Waals surface area contributed by atoms with Crippen molar-refractivity contribution in [2.45, 2.75) is 19.8 Å². The van der Waals surface area contributed by atoms with Crippen LogP contribution in [0.1, 0.15) is 20.5 Å². The molecule has 7 heteroatoms. The van der Waals surface area contributed by atoms with Gasteiger partial charge in [-0.2, -0.15) is 0 Å². The van der Waals surface area contributed by atoms with Crippen LogP contribution in [0.5, 0.6) is 0 Å². The third kappa shape index (κ3) is 3.51. The number of nitrogens with zero attached hydrogens (tertiary/aromatic N) is 2. The predicted molar refractivity (Wildman–Crippen MR) is 70.6 cm³/mol. The first-order valence-electron chi connectivity index (χ1n) is 5.40. The lowest BCUT2D eigenvalue weighted by Gasteiger charge is -1.96. The lowest BCUT2D eigenvalue weighted by atomic mass is 10.3. The van der Waals surface area contributed by atoms with E-state index < -0.39 is 5.09 Å². The summed E-state index contributed by atoms with van der Waals surface area (Å²) < 4.78 is 0. The van der Waals surface area contributed by atoms with Crippen LogP contribution in [0.3, 0.4) is 0 Å². The Labute approximate surface area is 112 Å². The Hall–Kier alpha value is -1.47. The van der Waals surface area contributed by atoms with Crippen LogP contribution in [0.2, 0.25) is 0 Å². The van der Waals surface area contributed by atoms with Gasteiger partial charge in [0.1, 0.15) is 6.61 Å². The summed E-state index contributed by atoms with van der Waals surface area (Å²) in [6.07, 6.45) is 1.37. The Morgan fingerprint density at radius 1 is 1.56 bits per heavy atom. The van der Waals surface area contributed by atoms with E-state index in [1.165, 1.54) is 4.88 Å². The normalized spacial score (nSPS) is 10.5. The molecule has 0 aliphatic heterocycles. The molecule has 0 saturated carbocycles. The van der Waals surface area contributed by atoms with Crippen molar-refractivity contribution in [3.63, 3.8) is 0 Å². The van der Waals surface area contributed by atoms with E-state index in [0.29, 0.717) is 6.42 Å². The average Bonchev–Trinajstić information content (AvgIpc) is 2.90. The molecule has 0 fully saturated rings. The Kier molecular flexibility index (Phi) is 4.27. The maximum Gasteiger partial charge on any atom is 0.294 e. The van der Waals surface area contributed by atoms with Crippen molar-refractivity contribution < 1.29 is 9.92 Å². The van der Waals surface area contributed by atoms with E-state index in [-0.39, 0.29) is 6.61 Å². The van der Waals surface area contributed by atoms with Crippen molar-refractivity contribution in [2.75, 3.05) is 6.61 Å². The van der Waals surface area contributed by atoms with Crippen LogP contribution in [0.15, 0.2) is 17.5 Å². The smallest absolute Gasteiger partial charge is 0.294 e. The number of thiazole rings is 1. The van der Waals surface area contributed by atoms with Crippen molar-refractivity contribution in [1.82, 2.24) is 4.98 Å². The lowest BCUT2D eigenvalue weighted by Crippen LogP contribution is -2.04. The molecule has 0 radical (unpaired) electrons. The first kappa shape index (κ1) is 13.0. The summed E-state index contributed by atoms with van der Waals surface area (Å²) in [5, 5.41) is 12.4. The van der Waals surface area contributed by atoms with Gasteiger partial charge in [-0.25, -0.2) is 4.98 Å². The van der Waals surface area contributed by atoms with Gasteiger partial charge in [0.2, 0.25) is 0 Å². The van der Waals surface area contributed by atoms with E-state index >= 15 is 0 Å². The minimum Gasteiger partial charge on any atom is -0.314 e. The fraction of sp³-hybridized carbons (Fsp3) is 0.364. The van der Waals surface area contributed by atoms with E-state index in [4.69, 9.17) is 0 Å². The van der Waals surface area contributed by atoms with Crippen molar-refractivity contribution in [3.8, 4) is 0 Å². The molecular formula is C11H12N2O3S2. The van der Waals surface area contributed by atoms with Crippen molar-refractivity contribution in [1.29, 1.82) is 0 Å². The minimum absolute atomic E-state index is 0.0917. The first-order valence-corrected chi connectivity index (χ1v) is 7.09. The minimum atomic E-state index is -0.761. The van der Waals surface area contributed by atoms with Gasteiger partial charge < -0.3 is 4.84 Å². The lowest BCUT2D eigenvalue weighted by molar-refractivity contribution is -0.757. The molecule has 5 nitrogen and oxygen atoms in total. The number of rotatable bonds is 6. The number of hydrogen-bond donors (Lipinski definition) is 0.